The standard InChI is InChI=1S/C22H39N3O8/c1-18(26)4-2-6-21(28)25-9-3-5-19(25)22(29)24-8-11-31-13-15-33-17-16-32-14-12-30-10-7-20(23)27/h19H,2-17H2,1H3,(H2,23,27)(H,24,29)/t19-/m1/s1. The lowest BCUT2D eigenvalue weighted by molar-refractivity contribution is -0.138. The molecule has 1 aliphatic heterocycles. The van der Waals surface area contributed by atoms with E-state index in [1.165, 1.54) is 6.92 Å². The largest absolute Gasteiger partial charge is 0.379 e. The lowest BCUT2D eigenvalue weighted by Crippen LogP contribution is -2.46. The van der Waals surface area contributed by atoms with E-state index >= 15 is 0 Å². The molecule has 0 aromatic rings. The third-order valence-corrected chi connectivity index (χ3v) is 4.95. The summed E-state index contributed by atoms with van der Waals surface area (Å²) < 4.78 is 21.3. The Hall–Kier alpha value is -2.08. The second-order valence-electron chi connectivity index (χ2n) is 7.76. The van der Waals surface area contributed by atoms with E-state index in [2.05, 4.69) is 5.32 Å². The van der Waals surface area contributed by atoms with Gasteiger partial charge in [0, 0.05) is 32.4 Å². The highest BCUT2D eigenvalue weighted by molar-refractivity contribution is 5.88. The van der Waals surface area contributed by atoms with Gasteiger partial charge in [0.2, 0.25) is 17.7 Å². The minimum Gasteiger partial charge on any atom is -0.379 e. The summed E-state index contributed by atoms with van der Waals surface area (Å²) in [4.78, 5) is 47.9. The number of likely N-dealkylation sites (tertiary alicyclic amines) is 1. The predicted molar refractivity (Wildman–Crippen MR) is 119 cm³/mol. The molecule has 1 aliphatic rings. The van der Waals surface area contributed by atoms with Crippen molar-refractivity contribution in [2.24, 2.45) is 5.73 Å². The number of carbonyl (C=O) groups excluding carboxylic acids is 4. The van der Waals surface area contributed by atoms with Crippen LogP contribution in [0.5, 0.6) is 0 Å². The number of carbonyl (C=O) groups is 4. The number of ketones is 1. The van der Waals surface area contributed by atoms with Crippen molar-refractivity contribution in [3.63, 3.8) is 0 Å². The number of primary amides is 1. The zero-order chi connectivity index (χ0) is 24.3. The molecule has 190 valence electrons. The van der Waals surface area contributed by atoms with Crippen LogP contribution in [0.1, 0.15) is 45.4 Å². The van der Waals surface area contributed by atoms with Gasteiger partial charge in [0.1, 0.15) is 11.8 Å². The average Bonchev–Trinajstić information content (AvgIpc) is 3.26. The van der Waals surface area contributed by atoms with Crippen LogP contribution in [0.15, 0.2) is 0 Å². The number of rotatable bonds is 20. The van der Waals surface area contributed by atoms with E-state index in [9.17, 15) is 19.2 Å². The predicted octanol–water partition coefficient (Wildman–Crippen LogP) is -0.205. The second kappa shape index (κ2) is 18.4. The molecular formula is C22H39N3O8. The van der Waals surface area contributed by atoms with Gasteiger partial charge in [-0.05, 0) is 26.2 Å². The first-order chi connectivity index (χ1) is 15.9. The molecule has 1 saturated heterocycles. The molecule has 3 N–H and O–H groups in total. The van der Waals surface area contributed by atoms with Crippen molar-refractivity contribution in [3.8, 4) is 0 Å². The molecule has 3 amide bonds. The van der Waals surface area contributed by atoms with Gasteiger partial charge in [-0.1, -0.05) is 0 Å². The van der Waals surface area contributed by atoms with Gasteiger partial charge < -0.3 is 39.7 Å². The van der Waals surface area contributed by atoms with Crippen LogP contribution >= 0.6 is 0 Å². The first-order valence-corrected chi connectivity index (χ1v) is 11.6. The number of hydrogen-bond donors (Lipinski definition) is 2. The van der Waals surface area contributed by atoms with E-state index in [-0.39, 0.29) is 29.9 Å². The zero-order valence-corrected chi connectivity index (χ0v) is 19.7. The zero-order valence-electron chi connectivity index (χ0n) is 19.7. The Labute approximate surface area is 195 Å². The summed E-state index contributed by atoms with van der Waals surface area (Å²) in [6.45, 7) is 5.59. The maximum atomic E-state index is 12.4. The third-order valence-electron chi connectivity index (χ3n) is 4.95. The summed E-state index contributed by atoms with van der Waals surface area (Å²) in [5.41, 5.74) is 5.00. The van der Waals surface area contributed by atoms with Gasteiger partial charge in [0.25, 0.3) is 0 Å². The normalized spacial score (nSPS) is 15.5. The summed E-state index contributed by atoms with van der Waals surface area (Å²) in [7, 11) is 0. The van der Waals surface area contributed by atoms with Crippen LogP contribution in [-0.2, 0) is 38.1 Å². The Morgan fingerprint density at radius 2 is 1.42 bits per heavy atom. The molecular weight excluding hydrogens is 434 g/mol. The molecule has 1 fully saturated rings. The Morgan fingerprint density at radius 1 is 0.848 bits per heavy atom. The summed E-state index contributed by atoms with van der Waals surface area (Å²) in [6.07, 6.45) is 2.86. The van der Waals surface area contributed by atoms with Crippen molar-refractivity contribution in [2.45, 2.75) is 51.5 Å². The van der Waals surface area contributed by atoms with Crippen LogP contribution in [0.25, 0.3) is 0 Å². The van der Waals surface area contributed by atoms with Crippen LogP contribution in [-0.4, -0.2) is 100 Å². The van der Waals surface area contributed by atoms with Gasteiger partial charge in [-0.15, -0.1) is 0 Å². The highest BCUT2D eigenvalue weighted by Crippen LogP contribution is 2.19. The Morgan fingerprint density at radius 3 is 2.00 bits per heavy atom. The highest BCUT2D eigenvalue weighted by atomic mass is 16.6. The fourth-order valence-electron chi connectivity index (χ4n) is 3.27. The molecule has 11 nitrogen and oxygen atoms in total. The molecule has 0 unspecified atom stereocenters. The minimum atomic E-state index is -0.438. The molecule has 0 aromatic heterocycles. The molecule has 1 atom stereocenters. The van der Waals surface area contributed by atoms with E-state index < -0.39 is 6.04 Å². The Balaban J connectivity index is 1.96. The van der Waals surface area contributed by atoms with Crippen molar-refractivity contribution >= 4 is 23.5 Å². The van der Waals surface area contributed by atoms with E-state index in [4.69, 9.17) is 24.7 Å². The number of amides is 3. The van der Waals surface area contributed by atoms with Crippen molar-refractivity contribution in [1.82, 2.24) is 10.2 Å². The smallest absolute Gasteiger partial charge is 0.242 e. The van der Waals surface area contributed by atoms with Gasteiger partial charge in [-0.25, -0.2) is 0 Å². The molecule has 1 heterocycles. The Kier molecular flexibility index (Phi) is 16.1. The van der Waals surface area contributed by atoms with Gasteiger partial charge in [0.05, 0.1) is 52.9 Å². The molecule has 0 spiro atoms. The molecule has 0 radical (unpaired) electrons. The number of Topliss-reactive ketones (excluding diaryl/α,β-unsaturated/α-hetero) is 1. The number of nitrogens with zero attached hydrogens (tertiary/aromatic N) is 1. The highest BCUT2D eigenvalue weighted by Gasteiger charge is 2.33. The van der Waals surface area contributed by atoms with Crippen LogP contribution in [0, 0.1) is 0 Å². The van der Waals surface area contributed by atoms with Gasteiger partial charge in [0.15, 0.2) is 0 Å². The van der Waals surface area contributed by atoms with E-state index in [0.717, 1.165) is 6.42 Å². The fraction of sp³-hybridized carbons (Fsp3) is 0.818. The average molecular weight is 474 g/mol. The number of hydrogen-bond acceptors (Lipinski definition) is 8. The number of ether oxygens (including phenoxy) is 4. The van der Waals surface area contributed by atoms with E-state index in [0.29, 0.717) is 91.6 Å². The van der Waals surface area contributed by atoms with Crippen LogP contribution in [0.3, 0.4) is 0 Å². The second-order valence-corrected chi connectivity index (χ2v) is 7.76. The molecule has 0 bridgehead atoms. The van der Waals surface area contributed by atoms with Gasteiger partial charge >= 0.3 is 0 Å². The molecule has 0 saturated carbocycles. The summed E-state index contributed by atoms with van der Waals surface area (Å²) in [6, 6.07) is -0.438. The van der Waals surface area contributed by atoms with Crippen LogP contribution < -0.4 is 11.1 Å². The summed E-state index contributed by atoms with van der Waals surface area (Å²) >= 11 is 0. The number of nitrogens with two attached hydrogens (primary N) is 1. The maximum Gasteiger partial charge on any atom is 0.242 e. The van der Waals surface area contributed by atoms with Crippen molar-refractivity contribution < 1.29 is 38.1 Å². The maximum absolute atomic E-state index is 12.4. The quantitative estimate of drug-likeness (QED) is 0.231. The molecule has 1 rings (SSSR count). The van der Waals surface area contributed by atoms with E-state index in [1.54, 1.807) is 4.90 Å². The lowest BCUT2D eigenvalue weighted by Gasteiger charge is -2.24. The monoisotopic (exact) mass is 473 g/mol. The van der Waals surface area contributed by atoms with Gasteiger partial charge in [-0.2, -0.15) is 0 Å². The third kappa shape index (κ3) is 14.6. The first kappa shape index (κ1) is 29.0. The topological polar surface area (TPSA) is 146 Å². The fourth-order valence-corrected chi connectivity index (χ4v) is 3.27. The molecule has 33 heavy (non-hydrogen) atoms. The SMILES string of the molecule is CC(=O)CCCC(=O)N1CCC[C@@H]1C(=O)NCCOCCOCCOCCOCCC(N)=O. The summed E-state index contributed by atoms with van der Waals surface area (Å²) in [5, 5.41) is 2.82. The minimum absolute atomic E-state index is 0.0672. The van der Waals surface area contributed by atoms with Crippen molar-refractivity contribution in [1.29, 1.82) is 0 Å². The van der Waals surface area contributed by atoms with Crippen molar-refractivity contribution in [3.05, 3.63) is 0 Å². The lowest BCUT2D eigenvalue weighted by atomic mass is 10.1. The van der Waals surface area contributed by atoms with Crippen LogP contribution in [0.4, 0.5) is 0 Å². The van der Waals surface area contributed by atoms with Gasteiger partial charge in [-0.3, -0.25) is 14.4 Å². The van der Waals surface area contributed by atoms with E-state index in [1.807, 2.05) is 0 Å². The molecule has 11 heteroatoms. The first-order valence-electron chi connectivity index (χ1n) is 11.6. The van der Waals surface area contributed by atoms with Crippen LogP contribution in [0.2, 0.25) is 0 Å². The van der Waals surface area contributed by atoms with Crippen molar-refractivity contribution in [2.75, 3.05) is 65.9 Å². The molecule has 0 aliphatic carbocycles. The number of nitrogens with one attached hydrogen (secondary N) is 1. The molecule has 0 aromatic carbocycles. The Bertz CT molecular complexity index is 602. The summed E-state index contributed by atoms with van der Waals surface area (Å²) in [5.74, 6) is -0.554.